The molecule has 124 valence electrons. The molecule has 0 unspecified atom stereocenters. The lowest BCUT2D eigenvalue weighted by Crippen LogP contribution is -2.85. The van der Waals surface area contributed by atoms with Crippen LogP contribution in [0, 0.1) is 0 Å². The molecule has 0 radical (unpaired) electrons. The zero-order valence-electron chi connectivity index (χ0n) is 13.4. The second-order valence-electron chi connectivity index (χ2n) is 5.78. The van der Waals surface area contributed by atoms with Gasteiger partial charge < -0.3 is 9.73 Å². The van der Waals surface area contributed by atoms with E-state index in [4.69, 9.17) is 27.6 Å². The summed E-state index contributed by atoms with van der Waals surface area (Å²) in [6.07, 6.45) is 0. The molecule has 0 aliphatic heterocycles. The van der Waals surface area contributed by atoms with E-state index < -0.39 is 0 Å². The van der Waals surface area contributed by atoms with Crippen LogP contribution in [0.5, 0.6) is 0 Å². The van der Waals surface area contributed by atoms with Gasteiger partial charge in [-0.2, -0.15) is 0 Å². The number of quaternary nitrogens is 1. The standard InChI is InChI=1S/C18H17Cl2N3O/c1-11(13-6-8-15(19)9-7-13)21-12(2)17-22-23-18(24-17)14-4-3-5-16(20)10-14/h3-12,21H,1-2H3/p+1/t11-,12-/m0/s1. The second kappa shape index (κ2) is 7.34. The van der Waals surface area contributed by atoms with E-state index in [1.165, 1.54) is 5.56 Å². The third-order valence-corrected chi connectivity index (χ3v) is 4.36. The minimum atomic E-state index is 0.0381. The average Bonchev–Trinajstić information content (AvgIpc) is 3.05. The minimum absolute atomic E-state index is 0.0381. The van der Waals surface area contributed by atoms with E-state index in [0.29, 0.717) is 16.8 Å². The van der Waals surface area contributed by atoms with Crippen molar-refractivity contribution in [2.24, 2.45) is 0 Å². The van der Waals surface area contributed by atoms with Crippen LogP contribution in [0.2, 0.25) is 10.0 Å². The fraction of sp³-hybridized carbons (Fsp3) is 0.222. The van der Waals surface area contributed by atoms with Crippen LogP contribution in [0.3, 0.4) is 0 Å². The molecule has 0 fully saturated rings. The number of aromatic nitrogens is 2. The number of rotatable bonds is 5. The summed E-state index contributed by atoms with van der Waals surface area (Å²) >= 11 is 11.9. The monoisotopic (exact) mass is 362 g/mol. The summed E-state index contributed by atoms with van der Waals surface area (Å²) in [7, 11) is 0. The Morgan fingerprint density at radius 1 is 0.917 bits per heavy atom. The van der Waals surface area contributed by atoms with E-state index in [2.05, 4.69) is 22.4 Å². The number of hydrogen-bond acceptors (Lipinski definition) is 3. The van der Waals surface area contributed by atoms with Gasteiger partial charge in [-0.15, -0.1) is 10.2 Å². The first-order valence-corrected chi connectivity index (χ1v) is 8.48. The van der Waals surface area contributed by atoms with E-state index >= 15 is 0 Å². The summed E-state index contributed by atoms with van der Waals surface area (Å²) in [6.45, 7) is 4.18. The molecule has 0 saturated heterocycles. The van der Waals surface area contributed by atoms with Crippen LogP contribution in [0.1, 0.15) is 37.4 Å². The van der Waals surface area contributed by atoms with E-state index in [9.17, 15) is 0 Å². The summed E-state index contributed by atoms with van der Waals surface area (Å²) in [5.74, 6) is 1.07. The van der Waals surface area contributed by atoms with Gasteiger partial charge in [0.15, 0.2) is 6.04 Å². The minimum Gasteiger partial charge on any atom is -0.415 e. The average molecular weight is 363 g/mol. The van der Waals surface area contributed by atoms with Crippen LogP contribution in [0.15, 0.2) is 52.9 Å². The second-order valence-corrected chi connectivity index (χ2v) is 6.65. The van der Waals surface area contributed by atoms with Crippen LogP contribution in [0.25, 0.3) is 11.5 Å². The maximum atomic E-state index is 6.01. The summed E-state index contributed by atoms with van der Waals surface area (Å²) in [6, 6.07) is 15.5. The molecule has 4 nitrogen and oxygen atoms in total. The van der Waals surface area contributed by atoms with Gasteiger partial charge in [0, 0.05) is 21.2 Å². The van der Waals surface area contributed by atoms with E-state index in [1.54, 1.807) is 0 Å². The van der Waals surface area contributed by atoms with E-state index in [1.807, 2.05) is 55.5 Å². The SMILES string of the molecule is C[C@H]([NH2+][C@@H](C)c1nnc(-c2cccc(Cl)c2)o1)c1ccc(Cl)cc1. The first-order chi connectivity index (χ1) is 11.5. The summed E-state index contributed by atoms with van der Waals surface area (Å²) in [5.41, 5.74) is 2.01. The lowest BCUT2D eigenvalue weighted by molar-refractivity contribution is -0.730. The van der Waals surface area contributed by atoms with Crippen LogP contribution in [0.4, 0.5) is 0 Å². The largest absolute Gasteiger partial charge is 0.415 e. The molecule has 2 aromatic carbocycles. The van der Waals surface area contributed by atoms with Crippen molar-refractivity contribution in [3.05, 3.63) is 70.0 Å². The van der Waals surface area contributed by atoms with Crippen LogP contribution in [-0.2, 0) is 0 Å². The molecule has 0 spiro atoms. The highest BCUT2D eigenvalue weighted by atomic mass is 35.5. The first-order valence-electron chi connectivity index (χ1n) is 7.72. The Morgan fingerprint density at radius 2 is 1.67 bits per heavy atom. The highest BCUT2D eigenvalue weighted by Crippen LogP contribution is 2.23. The van der Waals surface area contributed by atoms with E-state index in [0.717, 1.165) is 10.6 Å². The van der Waals surface area contributed by atoms with Crippen molar-refractivity contribution < 1.29 is 9.73 Å². The topological polar surface area (TPSA) is 55.5 Å². The molecule has 3 rings (SSSR count). The fourth-order valence-electron chi connectivity index (χ4n) is 2.55. The molecule has 2 atom stereocenters. The molecule has 0 amide bonds. The first kappa shape index (κ1) is 17.0. The number of hydrogen-bond donors (Lipinski definition) is 1. The Bertz CT molecular complexity index is 817. The Morgan fingerprint density at radius 3 is 2.38 bits per heavy atom. The predicted molar refractivity (Wildman–Crippen MR) is 95.0 cm³/mol. The quantitative estimate of drug-likeness (QED) is 0.730. The van der Waals surface area contributed by atoms with Crippen molar-refractivity contribution in [1.29, 1.82) is 0 Å². The molecular weight excluding hydrogens is 345 g/mol. The van der Waals surface area contributed by atoms with Gasteiger partial charge in [0.2, 0.25) is 5.89 Å². The fourth-order valence-corrected chi connectivity index (χ4v) is 2.87. The number of nitrogens with zero attached hydrogens (tertiary/aromatic N) is 2. The Balaban J connectivity index is 1.71. The van der Waals surface area contributed by atoms with Crippen LogP contribution < -0.4 is 5.32 Å². The van der Waals surface area contributed by atoms with Crippen molar-refractivity contribution >= 4 is 23.2 Å². The van der Waals surface area contributed by atoms with Crippen molar-refractivity contribution in [1.82, 2.24) is 10.2 Å². The van der Waals surface area contributed by atoms with Crippen molar-refractivity contribution in [3.8, 4) is 11.5 Å². The number of nitrogens with two attached hydrogens (primary N) is 1. The highest BCUT2D eigenvalue weighted by molar-refractivity contribution is 6.31. The molecule has 0 aliphatic rings. The smallest absolute Gasteiger partial charge is 0.274 e. The zero-order valence-corrected chi connectivity index (χ0v) is 14.9. The lowest BCUT2D eigenvalue weighted by Gasteiger charge is -2.14. The van der Waals surface area contributed by atoms with Crippen LogP contribution >= 0.6 is 23.2 Å². The van der Waals surface area contributed by atoms with Crippen LogP contribution in [-0.4, -0.2) is 10.2 Å². The summed E-state index contributed by atoms with van der Waals surface area (Å²) < 4.78 is 5.81. The van der Waals surface area contributed by atoms with Crippen molar-refractivity contribution in [3.63, 3.8) is 0 Å². The molecule has 24 heavy (non-hydrogen) atoms. The van der Waals surface area contributed by atoms with Crippen molar-refractivity contribution in [2.45, 2.75) is 25.9 Å². The molecule has 3 aromatic rings. The highest BCUT2D eigenvalue weighted by Gasteiger charge is 2.21. The van der Waals surface area contributed by atoms with Crippen molar-refractivity contribution in [2.75, 3.05) is 0 Å². The molecule has 0 bridgehead atoms. The maximum absolute atomic E-state index is 6.01. The molecule has 0 aliphatic carbocycles. The lowest BCUT2D eigenvalue weighted by atomic mass is 10.1. The Hall–Kier alpha value is -1.88. The Labute approximate surface area is 150 Å². The van der Waals surface area contributed by atoms with Gasteiger partial charge in [0.05, 0.1) is 0 Å². The molecular formula is C18H18Cl2N3O+. The summed E-state index contributed by atoms with van der Waals surface area (Å²) in [5, 5.41) is 11.9. The Kier molecular flexibility index (Phi) is 5.19. The third kappa shape index (κ3) is 3.96. The van der Waals surface area contributed by atoms with Gasteiger partial charge in [-0.25, -0.2) is 0 Å². The predicted octanol–water partition coefficient (Wildman–Crippen LogP) is 4.43. The normalized spacial score (nSPS) is 13.7. The zero-order chi connectivity index (χ0) is 17.1. The van der Waals surface area contributed by atoms with Gasteiger partial charge in [0.25, 0.3) is 5.89 Å². The van der Waals surface area contributed by atoms with E-state index in [-0.39, 0.29) is 12.1 Å². The van der Waals surface area contributed by atoms with Gasteiger partial charge >= 0.3 is 0 Å². The molecule has 1 heterocycles. The molecule has 0 saturated carbocycles. The molecule has 1 aromatic heterocycles. The summed E-state index contributed by atoms with van der Waals surface area (Å²) in [4.78, 5) is 0. The third-order valence-electron chi connectivity index (χ3n) is 3.87. The van der Waals surface area contributed by atoms with Gasteiger partial charge in [0.1, 0.15) is 6.04 Å². The number of halogens is 2. The van der Waals surface area contributed by atoms with Gasteiger partial charge in [-0.05, 0) is 44.2 Å². The molecule has 2 N–H and O–H groups in total. The molecule has 6 heteroatoms. The van der Waals surface area contributed by atoms with Gasteiger partial charge in [-0.3, -0.25) is 0 Å². The number of benzene rings is 2. The van der Waals surface area contributed by atoms with Gasteiger partial charge in [-0.1, -0.05) is 41.4 Å². The maximum Gasteiger partial charge on any atom is 0.274 e.